The fourth-order valence-electron chi connectivity index (χ4n) is 7.67. The van der Waals surface area contributed by atoms with Crippen molar-refractivity contribution in [2.45, 2.75) is 85.1 Å². The van der Waals surface area contributed by atoms with Crippen LogP contribution in [0.25, 0.3) is 47.9 Å². The van der Waals surface area contributed by atoms with Crippen molar-refractivity contribution in [1.29, 1.82) is 0 Å². The molecular weight excluding hydrogens is 591 g/mol. The lowest BCUT2D eigenvalue weighted by molar-refractivity contribution is 0.0514. The van der Waals surface area contributed by atoms with E-state index in [9.17, 15) is 19.2 Å². The lowest BCUT2D eigenvalue weighted by Gasteiger charge is -2.34. The average molecular weight is 629 g/mol. The van der Waals surface area contributed by atoms with Gasteiger partial charge in [0.2, 0.25) is 13.8 Å². The number of hydrogen-bond donors (Lipinski definition) is 0. The van der Waals surface area contributed by atoms with E-state index >= 15 is 0 Å². The number of rotatable bonds is 6. The van der Waals surface area contributed by atoms with Gasteiger partial charge in [0.25, 0.3) is 23.6 Å². The number of imide groups is 2. The van der Waals surface area contributed by atoms with Gasteiger partial charge in [-0.2, -0.15) is 0 Å². The van der Waals surface area contributed by atoms with Gasteiger partial charge in [-0.25, -0.2) is 0 Å². The fourth-order valence-corrected chi connectivity index (χ4v) is 8.13. The van der Waals surface area contributed by atoms with Gasteiger partial charge in [0.15, 0.2) is 0 Å². The molecule has 5 aromatic rings. The molecule has 46 heavy (non-hydrogen) atoms. The molecule has 7 nitrogen and oxygen atoms in total. The van der Waals surface area contributed by atoms with E-state index in [1.807, 2.05) is 70.2 Å². The van der Waals surface area contributed by atoms with E-state index in [-0.39, 0.29) is 35.7 Å². The third-order valence-electron chi connectivity index (χ3n) is 9.91. The topological polar surface area (TPSA) is 79.1 Å². The second-order valence-electron chi connectivity index (χ2n) is 13.7. The predicted molar refractivity (Wildman–Crippen MR) is 188 cm³/mol. The van der Waals surface area contributed by atoms with E-state index in [1.165, 1.54) is 9.80 Å². The standard InChI is InChI=1S/C38H38N3O4Si/c1-8-20(9-2)40-35(42)25-15-12-22-23-13-16-27-32-28(38(45)41(37(27)44)21(10-3)11-4)18-29(39-19-46(5,6)7)33(34(23)32)24-14-17-26(36(40)43)31(25)30(22)24/h12-18,20-21H,8-11H2,1-7H3/q+1. The number of carbonyl (C=O) groups excluding carboxylic acids is 4. The first kappa shape index (κ1) is 30.1. The summed E-state index contributed by atoms with van der Waals surface area (Å²) in [4.78, 5) is 64.0. The van der Waals surface area contributed by atoms with Crippen LogP contribution < -0.4 is 0 Å². The van der Waals surface area contributed by atoms with Crippen molar-refractivity contribution in [2.75, 3.05) is 0 Å². The highest BCUT2D eigenvalue weighted by Gasteiger charge is 2.41. The zero-order valence-electron chi connectivity index (χ0n) is 27.5. The van der Waals surface area contributed by atoms with Crippen molar-refractivity contribution in [3.8, 4) is 5.69 Å². The number of benzene rings is 5. The predicted octanol–water partition coefficient (Wildman–Crippen LogP) is 9.15. The molecule has 0 aromatic heterocycles. The van der Waals surface area contributed by atoms with Crippen LogP contribution in [-0.2, 0) is 0 Å². The molecular formula is C38H38N3O4Si+. The van der Waals surface area contributed by atoms with Gasteiger partial charge in [-0.3, -0.25) is 29.0 Å². The molecule has 7 rings (SSSR count). The Labute approximate surface area is 269 Å². The Kier molecular flexibility index (Phi) is 6.84. The van der Waals surface area contributed by atoms with Crippen molar-refractivity contribution in [3.63, 3.8) is 0 Å². The molecule has 0 atom stereocenters. The highest BCUT2D eigenvalue weighted by Crippen LogP contribution is 2.49. The second kappa shape index (κ2) is 10.5. The quantitative estimate of drug-likeness (QED) is 0.0813. The summed E-state index contributed by atoms with van der Waals surface area (Å²) in [7, 11) is -1.89. The van der Waals surface area contributed by atoms with E-state index in [1.54, 1.807) is 0 Å². The van der Waals surface area contributed by atoms with Gasteiger partial charge in [0.1, 0.15) is 0 Å². The average Bonchev–Trinajstić information content (AvgIpc) is 3.04. The van der Waals surface area contributed by atoms with Crippen molar-refractivity contribution in [3.05, 3.63) is 69.6 Å². The molecule has 0 saturated heterocycles. The molecule has 2 aliphatic rings. The van der Waals surface area contributed by atoms with Gasteiger partial charge in [0, 0.05) is 51.0 Å². The fraction of sp³-hybridized carbons (Fsp3) is 0.342. The summed E-state index contributed by atoms with van der Waals surface area (Å²) in [6.45, 7) is 14.4. The molecule has 232 valence electrons. The smallest absolute Gasteiger partial charge is 0.271 e. The zero-order valence-corrected chi connectivity index (χ0v) is 28.5. The monoisotopic (exact) mass is 628 g/mol. The maximum atomic E-state index is 14.2. The minimum absolute atomic E-state index is 0.181. The van der Waals surface area contributed by atoms with Crippen LogP contribution >= 0.6 is 0 Å². The van der Waals surface area contributed by atoms with Crippen LogP contribution in [0.1, 0.15) is 94.8 Å². The third kappa shape index (κ3) is 4.00. The lowest BCUT2D eigenvalue weighted by atomic mass is 9.81. The number of hydrogen-bond acceptors (Lipinski definition) is 4. The Bertz CT molecular complexity index is 2220. The molecule has 0 radical (unpaired) electrons. The van der Waals surface area contributed by atoms with E-state index < -0.39 is 8.07 Å². The van der Waals surface area contributed by atoms with Crippen molar-refractivity contribution < 1.29 is 19.2 Å². The summed E-state index contributed by atoms with van der Waals surface area (Å²) >= 11 is 0. The van der Waals surface area contributed by atoms with E-state index in [2.05, 4.69) is 25.3 Å². The van der Waals surface area contributed by atoms with Crippen LogP contribution in [0.3, 0.4) is 0 Å². The first-order valence-corrected chi connectivity index (χ1v) is 19.9. The Hall–Kier alpha value is -4.61. The second-order valence-corrected chi connectivity index (χ2v) is 18.4. The molecule has 8 heteroatoms. The maximum absolute atomic E-state index is 14.2. The minimum Gasteiger partial charge on any atom is -0.271 e. The van der Waals surface area contributed by atoms with Gasteiger partial charge in [-0.05, 0) is 70.3 Å². The summed E-state index contributed by atoms with van der Waals surface area (Å²) in [5.41, 5.74) is 6.00. The van der Waals surface area contributed by atoms with Gasteiger partial charge < -0.3 is 0 Å². The summed E-state index contributed by atoms with van der Waals surface area (Å²) < 4.78 is 0. The largest absolute Gasteiger partial charge is 0.348 e. The molecule has 0 N–H and O–H groups in total. The molecule has 0 bridgehead atoms. The van der Waals surface area contributed by atoms with E-state index in [0.717, 1.165) is 32.3 Å². The van der Waals surface area contributed by atoms with Crippen molar-refractivity contribution in [2.24, 2.45) is 0 Å². The van der Waals surface area contributed by atoms with Crippen molar-refractivity contribution in [1.82, 2.24) is 9.80 Å². The summed E-state index contributed by atoms with van der Waals surface area (Å²) in [5.74, 6) is -1.11. The van der Waals surface area contributed by atoms with Crippen LogP contribution in [0.5, 0.6) is 0 Å². The number of nitrogens with zero attached hydrogens (tertiary/aromatic N) is 3. The first-order valence-electron chi connectivity index (χ1n) is 16.4. The van der Waals surface area contributed by atoms with Crippen LogP contribution in [0.2, 0.25) is 19.6 Å². The van der Waals surface area contributed by atoms with Gasteiger partial charge in [-0.15, -0.1) is 0 Å². The summed E-state index contributed by atoms with van der Waals surface area (Å²) in [5, 5.41) is 6.29. The summed E-state index contributed by atoms with van der Waals surface area (Å²) in [6, 6.07) is 12.8. The Morgan fingerprint density at radius 3 is 1.43 bits per heavy atom. The lowest BCUT2D eigenvalue weighted by Crippen LogP contribution is -2.46. The Balaban J connectivity index is 1.65. The molecule has 0 unspecified atom stereocenters. The SMILES string of the molecule is CCC(CC)N1C(=O)c2ccc3c4ccc5c6c(cc([N+]#C[Si](C)(C)C)c(c7ccc(c2c37)C1=O)c64)C(=O)N(C(CC)CC)C5=O. The highest BCUT2D eigenvalue weighted by molar-refractivity contribution is 6.83. The molecule has 0 saturated carbocycles. The molecule has 2 heterocycles. The van der Waals surface area contributed by atoms with E-state index in [0.29, 0.717) is 64.4 Å². The molecule has 5 aromatic carbocycles. The molecule has 0 spiro atoms. The third-order valence-corrected chi connectivity index (χ3v) is 10.7. The van der Waals surface area contributed by atoms with Gasteiger partial charge >= 0.3 is 5.69 Å². The van der Waals surface area contributed by atoms with Crippen molar-refractivity contribution >= 4 is 80.5 Å². The summed E-state index contributed by atoms with van der Waals surface area (Å²) in [6.07, 6.45) is 2.71. The normalized spacial score (nSPS) is 15.1. The van der Waals surface area contributed by atoms with Crippen LogP contribution in [0.15, 0.2) is 42.5 Å². The van der Waals surface area contributed by atoms with Crippen LogP contribution in [0.4, 0.5) is 5.69 Å². The van der Waals surface area contributed by atoms with Gasteiger partial charge in [-0.1, -0.05) is 65.5 Å². The number of carbonyl (C=O) groups is 4. The van der Waals surface area contributed by atoms with E-state index in [4.69, 9.17) is 4.85 Å². The number of fused-ring (bicyclic) bond motifs is 2. The highest BCUT2D eigenvalue weighted by atomic mass is 28.3. The maximum Gasteiger partial charge on any atom is 0.348 e. The zero-order chi connectivity index (χ0) is 32.8. The minimum atomic E-state index is -1.89. The van der Waals surface area contributed by atoms with Crippen LogP contribution in [-0.4, -0.2) is 53.6 Å². The first-order chi connectivity index (χ1) is 22.0. The van der Waals surface area contributed by atoms with Crippen LogP contribution in [0, 0.1) is 5.69 Å². The molecule has 4 amide bonds. The molecule has 2 aliphatic heterocycles. The molecule has 0 fully saturated rings. The number of amides is 4. The Morgan fingerprint density at radius 1 is 0.565 bits per heavy atom. The Morgan fingerprint density at radius 2 is 0.978 bits per heavy atom. The van der Waals surface area contributed by atoms with Gasteiger partial charge in [0.05, 0.1) is 10.9 Å². The molecule has 0 aliphatic carbocycles.